The lowest BCUT2D eigenvalue weighted by Crippen LogP contribution is -2.38. The highest BCUT2D eigenvalue weighted by atomic mass is 16.5. The van der Waals surface area contributed by atoms with Crippen LogP contribution in [0.1, 0.15) is 6.42 Å². The number of aliphatic hydroxyl groups is 4. The lowest BCUT2D eigenvalue weighted by atomic mass is 9.93. The Morgan fingerprint density at radius 1 is 1.33 bits per heavy atom. The molecule has 0 atom stereocenters. The minimum atomic E-state index is -2.36. The van der Waals surface area contributed by atoms with E-state index in [4.69, 9.17) is 0 Å². The summed E-state index contributed by atoms with van der Waals surface area (Å²) >= 11 is 0. The van der Waals surface area contributed by atoms with Crippen molar-refractivity contribution in [2.24, 2.45) is 0 Å². The van der Waals surface area contributed by atoms with Crippen LogP contribution in [0.2, 0.25) is 0 Å². The molecule has 0 spiro atoms. The Bertz CT molecular complexity index is 325. The maximum atomic E-state index is 10.9. The van der Waals surface area contributed by atoms with E-state index in [1.165, 1.54) is 0 Å². The molecular formula is C9H12O6. The van der Waals surface area contributed by atoms with Crippen LogP contribution in [0.3, 0.4) is 0 Å². The van der Waals surface area contributed by atoms with E-state index in [1.54, 1.807) is 0 Å². The molecule has 0 radical (unpaired) electrons. The molecule has 6 nitrogen and oxygen atoms in total. The molecule has 6 heteroatoms. The highest BCUT2D eigenvalue weighted by Gasteiger charge is 2.35. The molecule has 0 bridgehead atoms. The molecule has 0 unspecified atom stereocenters. The minimum Gasteiger partial charge on any atom is -0.469 e. The molecule has 4 N–H and O–H groups in total. The number of rotatable bonds is 2. The van der Waals surface area contributed by atoms with Crippen LogP contribution in [0.25, 0.3) is 0 Å². The summed E-state index contributed by atoms with van der Waals surface area (Å²) in [6.07, 6.45) is 1.93. The average Bonchev–Trinajstić information content (AvgIpc) is 2.12. The van der Waals surface area contributed by atoms with E-state index in [9.17, 15) is 25.2 Å². The third-order valence-corrected chi connectivity index (χ3v) is 1.98. The predicted octanol–water partition coefficient (Wildman–Crippen LogP) is -1.59. The SMILES string of the molecule is COC(=O)CC1=CC(O)(O)C=CC1(O)O. The molecule has 0 aliphatic heterocycles. The third-order valence-electron chi connectivity index (χ3n) is 1.98. The zero-order chi connectivity index (χ0) is 11.7. The summed E-state index contributed by atoms with van der Waals surface area (Å²) in [6, 6.07) is 0. The molecule has 0 amide bonds. The summed E-state index contributed by atoms with van der Waals surface area (Å²) in [5.41, 5.74) is -0.248. The second-order valence-corrected chi connectivity index (χ2v) is 3.27. The van der Waals surface area contributed by atoms with Crippen molar-refractivity contribution >= 4 is 5.97 Å². The van der Waals surface area contributed by atoms with E-state index in [2.05, 4.69) is 4.74 Å². The van der Waals surface area contributed by atoms with E-state index in [0.29, 0.717) is 0 Å². The highest BCUT2D eigenvalue weighted by Crippen LogP contribution is 2.27. The van der Waals surface area contributed by atoms with Gasteiger partial charge < -0.3 is 25.2 Å². The van der Waals surface area contributed by atoms with Gasteiger partial charge in [-0.25, -0.2) is 0 Å². The number of methoxy groups -OCH3 is 1. The molecule has 0 aromatic heterocycles. The fourth-order valence-electron chi connectivity index (χ4n) is 1.17. The van der Waals surface area contributed by atoms with Crippen molar-refractivity contribution in [1.82, 2.24) is 0 Å². The number of esters is 1. The van der Waals surface area contributed by atoms with Crippen molar-refractivity contribution in [2.75, 3.05) is 7.11 Å². The lowest BCUT2D eigenvalue weighted by molar-refractivity contribution is -0.143. The second kappa shape index (κ2) is 3.74. The van der Waals surface area contributed by atoms with Gasteiger partial charge in [0, 0.05) is 5.57 Å². The Hall–Kier alpha value is -1.21. The van der Waals surface area contributed by atoms with Crippen LogP contribution >= 0.6 is 0 Å². The summed E-state index contributed by atoms with van der Waals surface area (Å²) < 4.78 is 4.33. The molecule has 15 heavy (non-hydrogen) atoms. The molecule has 84 valence electrons. The Kier molecular flexibility index (Phi) is 2.96. The van der Waals surface area contributed by atoms with Gasteiger partial charge in [0.25, 0.3) is 0 Å². The van der Waals surface area contributed by atoms with Crippen LogP contribution in [0.5, 0.6) is 0 Å². The summed E-state index contributed by atoms with van der Waals surface area (Å²) in [6.45, 7) is 0. The topological polar surface area (TPSA) is 107 Å². The maximum absolute atomic E-state index is 10.9. The first kappa shape index (κ1) is 11.9. The average molecular weight is 216 g/mol. The van der Waals surface area contributed by atoms with Crippen LogP contribution in [-0.2, 0) is 9.53 Å². The maximum Gasteiger partial charge on any atom is 0.309 e. The van der Waals surface area contributed by atoms with Crippen LogP contribution in [0, 0.1) is 0 Å². The Labute approximate surface area is 85.7 Å². The van der Waals surface area contributed by atoms with Crippen molar-refractivity contribution in [3.8, 4) is 0 Å². The van der Waals surface area contributed by atoms with Crippen molar-refractivity contribution < 1.29 is 30.0 Å². The van der Waals surface area contributed by atoms with E-state index in [1.807, 2.05) is 0 Å². The summed E-state index contributed by atoms with van der Waals surface area (Å²) in [5.74, 6) is -5.35. The van der Waals surface area contributed by atoms with Gasteiger partial charge in [-0.15, -0.1) is 0 Å². The Morgan fingerprint density at radius 2 is 1.93 bits per heavy atom. The number of hydrogen-bond donors (Lipinski definition) is 4. The molecule has 1 rings (SSSR count). The number of carbonyl (C=O) groups excluding carboxylic acids is 1. The van der Waals surface area contributed by atoms with E-state index < -0.39 is 24.0 Å². The van der Waals surface area contributed by atoms with Crippen LogP contribution in [0.15, 0.2) is 23.8 Å². The number of hydrogen-bond acceptors (Lipinski definition) is 6. The van der Waals surface area contributed by atoms with Crippen molar-refractivity contribution in [2.45, 2.75) is 18.0 Å². The molecule has 0 aromatic carbocycles. The molecule has 0 saturated carbocycles. The zero-order valence-corrected chi connectivity index (χ0v) is 8.04. The van der Waals surface area contributed by atoms with Crippen molar-refractivity contribution in [3.05, 3.63) is 23.8 Å². The molecule has 0 heterocycles. The molecule has 0 saturated heterocycles. The van der Waals surface area contributed by atoms with E-state index in [0.717, 1.165) is 25.3 Å². The van der Waals surface area contributed by atoms with Gasteiger partial charge in [-0.3, -0.25) is 4.79 Å². The quantitative estimate of drug-likeness (QED) is 0.252. The number of ether oxygens (including phenoxy) is 1. The van der Waals surface area contributed by atoms with Gasteiger partial charge in [0.05, 0.1) is 13.5 Å². The van der Waals surface area contributed by atoms with Gasteiger partial charge in [-0.1, -0.05) is 0 Å². The minimum absolute atomic E-state index is 0.248. The van der Waals surface area contributed by atoms with Crippen LogP contribution in [-0.4, -0.2) is 45.1 Å². The van der Waals surface area contributed by atoms with E-state index >= 15 is 0 Å². The first-order valence-corrected chi connectivity index (χ1v) is 4.16. The molecular weight excluding hydrogens is 204 g/mol. The summed E-state index contributed by atoms with van der Waals surface area (Å²) in [5, 5.41) is 37.1. The fourth-order valence-corrected chi connectivity index (χ4v) is 1.17. The van der Waals surface area contributed by atoms with Gasteiger partial charge in [0.15, 0.2) is 0 Å². The standard InChI is InChI=1S/C9H12O6/c1-15-7(10)4-6-5-8(11,12)2-3-9(6,13)14/h2-3,5,11-14H,4H2,1H3. The largest absolute Gasteiger partial charge is 0.469 e. The molecule has 1 aliphatic carbocycles. The monoisotopic (exact) mass is 216 g/mol. The first-order chi connectivity index (χ1) is 6.77. The van der Waals surface area contributed by atoms with Gasteiger partial charge in [-0.05, 0) is 18.2 Å². The van der Waals surface area contributed by atoms with Gasteiger partial charge >= 0.3 is 5.97 Å². The zero-order valence-electron chi connectivity index (χ0n) is 8.04. The van der Waals surface area contributed by atoms with Crippen LogP contribution < -0.4 is 0 Å². The summed E-state index contributed by atoms with van der Waals surface area (Å²) in [7, 11) is 1.14. The second-order valence-electron chi connectivity index (χ2n) is 3.27. The van der Waals surface area contributed by atoms with Gasteiger partial charge in [-0.2, -0.15) is 0 Å². The normalized spacial score (nSPS) is 22.1. The van der Waals surface area contributed by atoms with E-state index in [-0.39, 0.29) is 5.57 Å². The lowest BCUT2D eigenvalue weighted by Gasteiger charge is -2.28. The Morgan fingerprint density at radius 3 is 2.47 bits per heavy atom. The first-order valence-electron chi connectivity index (χ1n) is 4.16. The molecule has 1 aliphatic rings. The third kappa shape index (κ3) is 2.87. The highest BCUT2D eigenvalue weighted by molar-refractivity contribution is 5.73. The molecule has 0 fully saturated rings. The van der Waals surface area contributed by atoms with Crippen molar-refractivity contribution in [1.29, 1.82) is 0 Å². The fraction of sp³-hybridized carbons (Fsp3) is 0.444. The van der Waals surface area contributed by atoms with Gasteiger partial charge in [0.2, 0.25) is 11.6 Å². The predicted molar refractivity (Wildman–Crippen MR) is 48.2 cm³/mol. The van der Waals surface area contributed by atoms with Crippen LogP contribution in [0.4, 0.5) is 0 Å². The summed E-state index contributed by atoms with van der Waals surface area (Å²) in [4.78, 5) is 10.9. The Balaban J connectivity index is 2.92. The van der Waals surface area contributed by atoms with Gasteiger partial charge in [0.1, 0.15) is 0 Å². The van der Waals surface area contributed by atoms with Crippen molar-refractivity contribution in [3.63, 3.8) is 0 Å². The smallest absolute Gasteiger partial charge is 0.309 e. The number of carbonyl (C=O) groups is 1. The molecule has 0 aromatic rings.